The van der Waals surface area contributed by atoms with Crippen LogP contribution >= 0.6 is 0 Å². The molecule has 1 aliphatic carbocycles. The van der Waals surface area contributed by atoms with Crippen molar-refractivity contribution in [1.29, 1.82) is 0 Å². The lowest BCUT2D eigenvalue weighted by Gasteiger charge is -2.32. The highest BCUT2D eigenvalue weighted by molar-refractivity contribution is 5.80. The predicted octanol–water partition coefficient (Wildman–Crippen LogP) is 5.79. The molecule has 188 valence electrons. The van der Waals surface area contributed by atoms with Crippen molar-refractivity contribution in [2.24, 2.45) is 0 Å². The van der Waals surface area contributed by atoms with Crippen molar-refractivity contribution < 1.29 is 0 Å². The normalized spacial score (nSPS) is 15.6. The number of hydrogen-bond acceptors (Lipinski definition) is 5. The lowest BCUT2D eigenvalue weighted by atomic mass is 9.95. The van der Waals surface area contributed by atoms with Crippen LogP contribution in [0.2, 0.25) is 0 Å². The van der Waals surface area contributed by atoms with Crippen LogP contribution in [-0.4, -0.2) is 30.1 Å². The monoisotopic (exact) mass is 484 g/mol. The summed E-state index contributed by atoms with van der Waals surface area (Å²) in [6.45, 7) is 7.59. The zero-order valence-corrected chi connectivity index (χ0v) is 21.6. The highest BCUT2D eigenvalue weighted by Gasteiger charge is 2.29. The van der Waals surface area contributed by atoms with E-state index in [-0.39, 0.29) is 11.6 Å². The van der Waals surface area contributed by atoms with E-state index in [4.69, 9.17) is 0 Å². The van der Waals surface area contributed by atoms with Gasteiger partial charge in [-0.15, -0.1) is 5.10 Å². The Balaban J connectivity index is 1.53. The van der Waals surface area contributed by atoms with Crippen LogP contribution in [0, 0.1) is 13.8 Å². The molecule has 5 rings (SSSR count). The topological polar surface area (TPSA) is 79.7 Å². The average molecular weight is 485 g/mol. The van der Waals surface area contributed by atoms with Gasteiger partial charge in [-0.3, -0.25) is 9.69 Å². The number of nitrogens with one attached hydrogen (secondary N) is 1. The van der Waals surface area contributed by atoms with E-state index in [1.807, 2.05) is 6.07 Å². The zero-order valence-electron chi connectivity index (χ0n) is 21.6. The van der Waals surface area contributed by atoms with Crippen molar-refractivity contribution in [1.82, 2.24) is 30.1 Å². The van der Waals surface area contributed by atoms with Crippen LogP contribution in [-0.2, 0) is 13.1 Å². The zero-order chi connectivity index (χ0) is 25.1. The first-order valence-electron chi connectivity index (χ1n) is 13.2. The van der Waals surface area contributed by atoms with Gasteiger partial charge >= 0.3 is 0 Å². The van der Waals surface area contributed by atoms with Crippen molar-refractivity contribution >= 4 is 10.9 Å². The number of aromatic nitrogens is 5. The standard InChI is InChI=1S/C29H36N6O/c1-4-27(28-31-32-33-35(28)25-13-9-6-10-14-25)34(18-22-11-7-5-8-12-22)19-24-17-23-15-20(2)21(3)16-26(23)30-29(24)36/h5,7-8,11-12,15-17,25,27H,4,6,9-10,13-14,18-19H2,1-3H3,(H,30,36)/t27-/m0/s1. The van der Waals surface area contributed by atoms with Crippen LogP contribution in [0.1, 0.15) is 85.6 Å². The van der Waals surface area contributed by atoms with Crippen molar-refractivity contribution in [3.8, 4) is 0 Å². The van der Waals surface area contributed by atoms with Crippen LogP contribution in [0.3, 0.4) is 0 Å². The molecule has 1 aliphatic rings. The molecular formula is C29H36N6O. The minimum Gasteiger partial charge on any atom is -0.322 e. The van der Waals surface area contributed by atoms with Crippen molar-refractivity contribution in [2.75, 3.05) is 0 Å². The Morgan fingerprint density at radius 3 is 2.53 bits per heavy atom. The van der Waals surface area contributed by atoms with Gasteiger partial charge in [-0.1, -0.05) is 56.5 Å². The van der Waals surface area contributed by atoms with Crippen LogP contribution in [0.4, 0.5) is 0 Å². The maximum Gasteiger partial charge on any atom is 0.252 e. The molecule has 36 heavy (non-hydrogen) atoms. The number of pyridine rings is 1. The maximum absolute atomic E-state index is 13.2. The number of rotatable bonds is 8. The number of benzene rings is 2. The second-order valence-electron chi connectivity index (χ2n) is 10.2. The Hall–Kier alpha value is -3.32. The minimum atomic E-state index is -0.0365. The summed E-state index contributed by atoms with van der Waals surface area (Å²) in [6, 6.07) is 17.1. The molecule has 2 aromatic carbocycles. The highest BCUT2D eigenvalue weighted by Crippen LogP contribution is 2.32. The predicted molar refractivity (Wildman–Crippen MR) is 143 cm³/mol. The second-order valence-corrected chi connectivity index (χ2v) is 10.2. The third kappa shape index (κ3) is 5.12. The first kappa shape index (κ1) is 24.4. The number of fused-ring (bicyclic) bond motifs is 1. The van der Waals surface area contributed by atoms with E-state index < -0.39 is 0 Å². The number of aryl methyl sites for hydroxylation is 2. The van der Waals surface area contributed by atoms with E-state index in [1.165, 1.54) is 36.0 Å². The molecule has 0 radical (unpaired) electrons. The molecule has 0 bridgehead atoms. The molecule has 4 aromatic rings. The Kier molecular flexibility index (Phi) is 7.28. The number of nitrogens with zero attached hydrogens (tertiary/aromatic N) is 5. The van der Waals surface area contributed by atoms with E-state index in [0.717, 1.165) is 41.6 Å². The lowest BCUT2D eigenvalue weighted by molar-refractivity contribution is 0.155. The van der Waals surface area contributed by atoms with Gasteiger partial charge in [0.15, 0.2) is 5.82 Å². The Labute approximate surface area is 212 Å². The van der Waals surface area contributed by atoms with Crippen LogP contribution in [0.5, 0.6) is 0 Å². The van der Waals surface area contributed by atoms with E-state index in [2.05, 4.69) is 93.3 Å². The Morgan fingerprint density at radius 2 is 1.78 bits per heavy atom. The second kappa shape index (κ2) is 10.7. The molecule has 2 heterocycles. The van der Waals surface area contributed by atoms with Crippen LogP contribution in [0.25, 0.3) is 10.9 Å². The van der Waals surface area contributed by atoms with Gasteiger partial charge in [0.2, 0.25) is 0 Å². The molecule has 2 aromatic heterocycles. The fourth-order valence-electron chi connectivity index (χ4n) is 5.56. The SMILES string of the molecule is CC[C@@H](c1nnnn1C1CCCCC1)N(Cc1ccccc1)Cc1cc2cc(C)c(C)cc2[nH]c1=O. The minimum absolute atomic E-state index is 0.00279. The molecule has 1 saturated carbocycles. The molecule has 0 amide bonds. The molecule has 0 aliphatic heterocycles. The van der Waals surface area contributed by atoms with Gasteiger partial charge in [0.25, 0.3) is 5.56 Å². The lowest BCUT2D eigenvalue weighted by Crippen LogP contribution is -2.33. The average Bonchev–Trinajstić information content (AvgIpc) is 3.37. The van der Waals surface area contributed by atoms with E-state index >= 15 is 0 Å². The summed E-state index contributed by atoms with van der Waals surface area (Å²) in [5, 5.41) is 14.1. The third-order valence-corrected chi connectivity index (χ3v) is 7.70. The summed E-state index contributed by atoms with van der Waals surface area (Å²) in [4.78, 5) is 18.7. The summed E-state index contributed by atoms with van der Waals surface area (Å²) in [5.74, 6) is 0.906. The van der Waals surface area contributed by atoms with Crippen molar-refractivity contribution in [3.05, 3.63) is 87.0 Å². The Morgan fingerprint density at radius 1 is 1.03 bits per heavy atom. The summed E-state index contributed by atoms with van der Waals surface area (Å²) in [5.41, 5.74) is 5.21. The number of tetrazole rings is 1. The summed E-state index contributed by atoms with van der Waals surface area (Å²) in [6.07, 6.45) is 6.82. The van der Waals surface area contributed by atoms with E-state index in [1.54, 1.807) is 0 Å². The van der Waals surface area contributed by atoms with E-state index in [9.17, 15) is 4.79 Å². The molecule has 7 nitrogen and oxygen atoms in total. The van der Waals surface area contributed by atoms with Gasteiger partial charge in [0, 0.05) is 24.2 Å². The van der Waals surface area contributed by atoms with Gasteiger partial charge in [-0.2, -0.15) is 0 Å². The number of H-pyrrole nitrogens is 1. The smallest absolute Gasteiger partial charge is 0.252 e. The fourth-order valence-corrected chi connectivity index (χ4v) is 5.56. The maximum atomic E-state index is 13.2. The van der Waals surface area contributed by atoms with Gasteiger partial charge in [-0.05, 0) is 83.8 Å². The number of hydrogen-bond donors (Lipinski definition) is 1. The molecular weight excluding hydrogens is 448 g/mol. The fraction of sp³-hybridized carbons (Fsp3) is 0.448. The summed E-state index contributed by atoms with van der Waals surface area (Å²) < 4.78 is 2.07. The molecule has 0 saturated heterocycles. The van der Waals surface area contributed by atoms with Gasteiger partial charge in [0.1, 0.15) is 0 Å². The van der Waals surface area contributed by atoms with E-state index in [0.29, 0.717) is 19.1 Å². The van der Waals surface area contributed by atoms with Crippen molar-refractivity contribution in [2.45, 2.75) is 84.5 Å². The van der Waals surface area contributed by atoms with Crippen molar-refractivity contribution in [3.63, 3.8) is 0 Å². The Bertz CT molecular complexity index is 1370. The van der Waals surface area contributed by atoms with Crippen LogP contribution < -0.4 is 5.56 Å². The first-order chi connectivity index (χ1) is 17.5. The summed E-state index contributed by atoms with van der Waals surface area (Å²) in [7, 11) is 0. The largest absolute Gasteiger partial charge is 0.322 e. The molecule has 1 N–H and O–H groups in total. The molecule has 1 atom stereocenters. The first-order valence-corrected chi connectivity index (χ1v) is 13.2. The summed E-state index contributed by atoms with van der Waals surface area (Å²) >= 11 is 0. The molecule has 0 unspecified atom stereocenters. The van der Waals surface area contributed by atoms with Crippen LogP contribution in [0.15, 0.2) is 53.3 Å². The molecule has 1 fully saturated rings. The highest BCUT2D eigenvalue weighted by atomic mass is 16.1. The number of aromatic amines is 1. The quantitative estimate of drug-likeness (QED) is 0.342. The van der Waals surface area contributed by atoms with Gasteiger partial charge < -0.3 is 4.98 Å². The van der Waals surface area contributed by atoms with Gasteiger partial charge in [0.05, 0.1) is 12.1 Å². The van der Waals surface area contributed by atoms with Gasteiger partial charge in [-0.25, -0.2) is 4.68 Å². The molecule has 7 heteroatoms. The third-order valence-electron chi connectivity index (χ3n) is 7.70. The molecule has 0 spiro atoms.